The number of para-hydroxylation sites is 1. The maximum atomic E-state index is 13.4. The van der Waals surface area contributed by atoms with Crippen molar-refractivity contribution in [2.24, 2.45) is 0 Å². The first kappa shape index (κ1) is 21.5. The van der Waals surface area contributed by atoms with E-state index >= 15 is 0 Å². The number of rotatable bonds is 4. The Hall–Kier alpha value is -3.37. The molecule has 0 unspecified atom stereocenters. The quantitative estimate of drug-likeness (QED) is 0.459. The number of hydrogen-bond acceptors (Lipinski definition) is 7. The zero-order chi connectivity index (χ0) is 23.2. The molecule has 9 nitrogen and oxygen atoms in total. The van der Waals surface area contributed by atoms with Crippen LogP contribution in [0.5, 0.6) is 0 Å². The molecule has 1 aliphatic rings. The van der Waals surface area contributed by atoms with E-state index in [2.05, 4.69) is 24.8 Å². The summed E-state index contributed by atoms with van der Waals surface area (Å²) in [4.78, 5) is 20.2. The summed E-state index contributed by atoms with van der Waals surface area (Å²) in [5, 5.41) is 0.811. The minimum atomic E-state index is -3.66. The lowest BCUT2D eigenvalue weighted by molar-refractivity contribution is 0.384. The molecule has 1 aliphatic heterocycles. The van der Waals surface area contributed by atoms with E-state index < -0.39 is 10.0 Å². The summed E-state index contributed by atoms with van der Waals surface area (Å²) in [5.74, 6) is 2.20. The zero-order valence-corrected chi connectivity index (χ0v) is 19.6. The first-order valence-electron chi connectivity index (χ1n) is 10.8. The summed E-state index contributed by atoms with van der Waals surface area (Å²) >= 11 is 0. The van der Waals surface area contributed by atoms with Crippen molar-refractivity contribution >= 4 is 26.7 Å². The summed E-state index contributed by atoms with van der Waals surface area (Å²) in [6.45, 7) is 7.64. The fraction of sp³-hybridized carbons (Fsp3) is 0.304. The summed E-state index contributed by atoms with van der Waals surface area (Å²) < 4.78 is 30.3. The molecule has 3 aromatic heterocycles. The number of imidazole rings is 1. The van der Waals surface area contributed by atoms with Crippen molar-refractivity contribution < 1.29 is 8.42 Å². The van der Waals surface area contributed by atoms with E-state index in [0.29, 0.717) is 37.5 Å². The van der Waals surface area contributed by atoms with Gasteiger partial charge in [-0.3, -0.25) is 9.55 Å². The number of hydrogen-bond donors (Lipinski definition) is 0. The molecule has 4 aromatic rings. The van der Waals surface area contributed by atoms with Crippen LogP contribution in [0.4, 0.5) is 5.82 Å². The number of aromatic nitrogens is 5. The zero-order valence-electron chi connectivity index (χ0n) is 18.8. The van der Waals surface area contributed by atoms with Crippen LogP contribution >= 0.6 is 0 Å². The fourth-order valence-electron chi connectivity index (χ4n) is 4.13. The Kier molecular flexibility index (Phi) is 5.34. The third-order valence-corrected chi connectivity index (χ3v) is 8.02. The molecular formula is C23H25N7O2S. The highest BCUT2D eigenvalue weighted by atomic mass is 32.2. The topological polar surface area (TPSA) is 97.1 Å². The van der Waals surface area contributed by atoms with Crippen LogP contribution in [0.3, 0.4) is 0 Å². The number of benzene rings is 1. The van der Waals surface area contributed by atoms with Gasteiger partial charge in [-0.15, -0.1) is 0 Å². The molecule has 33 heavy (non-hydrogen) atoms. The number of piperazine rings is 1. The number of anilines is 1. The van der Waals surface area contributed by atoms with Gasteiger partial charge in [-0.25, -0.2) is 23.4 Å². The van der Waals surface area contributed by atoms with Crippen molar-refractivity contribution in [2.45, 2.75) is 25.7 Å². The second-order valence-electron chi connectivity index (χ2n) is 8.14. The van der Waals surface area contributed by atoms with Crippen molar-refractivity contribution in [3.8, 4) is 5.82 Å². The maximum absolute atomic E-state index is 13.4. The third-order valence-electron chi connectivity index (χ3n) is 6.09. The third kappa shape index (κ3) is 3.85. The Morgan fingerprint density at radius 2 is 1.61 bits per heavy atom. The Labute approximate surface area is 192 Å². The Morgan fingerprint density at radius 1 is 0.879 bits per heavy atom. The molecule has 0 saturated carbocycles. The molecule has 4 heterocycles. The predicted molar refractivity (Wildman–Crippen MR) is 126 cm³/mol. The van der Waals surface area contributed by atoms with Gasteiger partial charge in [0.2, 0.25) is 10.0 Å². The molecule has 0 aliphatic carbocycles. The highest BCUT2D eigenvalue weighted by Gasteiger charge is 2.30. The van der Waals surface area contributed by atoms with E-state index in [-0.39, 0.29) is 4.90 Å². The Balaban J connectivity index is 1.39. The summed E-state index contributed by atoms with van der Waals surface area (Å²) in [6, 6.07) is 10.9. The lowest BCUT2D eigenvalue weighted by Crippen LogP contribution is -2.49. The molecule has 0 bridgehead atoms. The van der Waals surface area contributed by atoms with E-state index in [0.717, 1.165) is 28.4 Å². The van der Waals surface area contributed by atoms with Gasteiger partial charge in [0.05, 0.1) is 11.2 Å². The number of aryl methyl sites for hydroxylation is 2. The van der Waals surface area contributed by atoms with Crippen molar-refractivity contribution in [1.29, 1.82) is 0 Å². The maximum Gasteiger partial charge on any atom is 0.245 e. The van der Waals surface area contributed by atoms with Gasteiger partial charge in [-0.1, -0.05) is 18.2 Å². The normalized spacial score (nSPS) is 15.3. The smallest absolute Gasteiger partial charge is 0.245 e. The SMILES string of the molecule is Cc1nc(N2CCN(S(=O)(=O)c3cccc4cccnc34)CC2)cc(-n2cnc(C)c2C)n1. The van der Waals surface area contributed by atoms with Gasteiger partial charge in [0.15, 0.2) is 0 Å². The van der Waals surface area contributed by atoms with Gasteiger partial charge in [-0.2, -0.15) is 4.31 Å². The molecule has 10 heteroatoms. The van der Waals surface area contributed by atoms with Crippen molar-refractivity contribution in [1.82, 2.24) is 28.8 Å². The molecule has 170 valence electrons. The number of sulfonamides is 1. The van der Waals surface area contributed by atoms with Crippen LogP contribution in [0.1, 0.15) is 17.2 Å². The molecule has 0 atom stereocenters. The molecule has 0 radical (unpaired) electrons. The highest BCUT2D eigenvalue weighted by molar-refractivity contribution is 7.89. The first-order chi connectivity index (χ1) is 15.8. The van der Waals surface area contributed by atoms with E-state index in [1.807, 2.05) is 49.6 Å². The molecule has 1 fully saturated rings. The number of pyridine rings is 1. The van der Waals surface area contributed by atoms with Crippen LogP contribution < -0.4 is 4.90 Å². The van der Waals surface area contributed by atoms with Gasteiger partial charge in [0.25, 0.3) is 0 Å². The summed E-state index contributed by atoms with van der Waals surface area (Å²) in [7, 11) is -3.66. The van der Waals surface area contributed by atoms with Gasteiger partial charge in [0, 0.05) is 49.5 Å². The second kappa shape index (κ2) is 8.20. The van der Waals surface area contributed by atoms with Crippen LogP contribution in [-0.4, -0.2) is 63.4 Å². The van der Waals surface area contributed by atoms with Crippen LogP contribution in [-0.2, 0) is 10.0 Å². The summed E-state index contributed by atoms with van der Waals surface area (Å²) in [5.41, 5.74) is 2.48. The van der Waals surface area contributed by atoms with E-state index in [1.165, 1.54) is 4.31 Å². The minimum Gasteiger partial charge on any atom is -0.354 e. The molecule has 1 aromatic carbocycles. The van der Waals surface area contributed by atoms with Gasteiger partial charge in [0.1, 0.15) is 28.7 Å². The standard InChI is InChI=1S/C23H25N7O2S/c1-16-17(2)30(15-25-16)22-14-21(26-18(3)27-22)28-10-12-29(13-11-28)33(31,32)20-8-4-6-19-7-5-9-24-23(19)20/h4-9,14-15H,10-13H2,1-3H3. The first-order valence-corrected chi connectivity index (χ1v) is 12.2. The Morgan fingerprint density at radius 3 is 2.33 bits per heavy atom. The van der Waals surface area contributed by atoms with Crippen molar-refractivity contribution in [2.75, 3.05) is 31.1 Å². The van der Waals surface area contributed by atoms with E-state index in [1.54, 1.807) is 24.7 Å². The average Bonchev–Trinajstić information content (AvgIpc) is 3.16. The van der Waals surface area contributed by atoms with Crippen molar-refractivity contribution in [3.63, 3.8) is 0 Å². The molecule has 5 rings (SSSR count). The number of fused-ring (bicyclic) bond motifs is 1. The lowest BCUT2D eigenvalue weighted by Gasteiger charge is -2.35. The van der Waals surface area contributed by atoms with Crippen molar-refractivity contribution in [3.05, 3.63) is 66.1 Å². The molecule has 0 spiro atoms. The highest BCUT2D eigenvalue weighted by Crippen LogP contribution is 2.26. The number of nitrogens with zero attached hydrogens (tertiary/aromatic N) is 7. The minimum absolute atomic E-state index is 0.250. The molecule has 1 saturated heterocycles. The van der Waals surface area contributed by atoms with Crippen LogP contribution in [0.15, 0.2) is 53.8 Å². The molecular weight excluding hydrogens is 438 g/mol. The molecule has 0 amide bonds. The monoisotopic (exact) mass is 463 g/mol. The van der Waals surface area contributed by atoms with Gasteiger partial charge >= 0.3 is 0 Å². The average molecular weight is 464 g/mol. The Bertz CT molecular complexity index is 1440. The van der Waals surface area contributed by atoms with Crippen LogP contribution in [0, 0.1) is 20.8 Å². The molecule has 0 N–H and O–H groups in total. The summed E-state index contributed by atoms with van der Waals surface area (Å²) in [6.07, 6.45) is 3.39. The van der Waals surface area contributed by atoms with E-state index in [9.17, 15) is 8.42 Å². The largest absolute Gasteiger partial charge is 0.354 e. The van der Waals surface area contributed by atoms with Crippen LogP contribution in [0.25, 0.3) is 16.7 Å². The fourth-order valence-corrected chi connectivity index (χ4v) is 5.72. The second-order valence-corrected chi connectivity index (χ2v) is 10.0. The van der Waals surface area contributed by atoms with Gasteiger partial charge < -0.3 is 4.90 Å². The lowest BCUT2D eigenvalue weighted by atomic mass is 10.2. The predicted octanol–water partition coefficient (Wildman–Crippen LogP) is 2.65. The van der Waals surface area contributed by atoms with Gasteiger partial charge in [-0.05, 0) is 32.9 Å². The van der Waals surface area contributed by atoms with E-state index in [4.69, 9.17) is 0 Å². The van der Waals surface area contributed by atoms with Crippen LogP contribution in [0.2, 0.25) is 0 Å².